The monoisotopic (exact) mass is 458 g/mol. The molecule has 0 saturated carbocycles. The Balaban J connectivity index is 2.03. The molecule has 0 radical (unpaired) electrons. The van der Waals surface area contributed by atoms with Crippen molar-refractivity contribution in [2.75, 3.05) is 23.3 Å². The number of ether oxygens (including phenoxy) is 1. The average molecular weight is 459 g/mol. The number of hydrogen-bond acceptors (Lipinski definition) is 4. The number of nitrogens with zero attached hydrogens (tertiary/aromatic N) is 1. The van der Waals surface area contributed by atoms with Gasteiger partial charge in [0, 0.05) is 0 Å². The molecule has 31 heavy (non-hydrogen) atoms. The molecule has 3 aromatic rings. The number of hydrogen-bond donors (Lipinski definition) is 1. The van der Waals surface area contributed by atoms with Gasteiger partial charge in [0.25, 0.3) is 10.0 Å². The molecule has 0 saturated heterocycles. The van der Waals surface area contributed by atoms with Crippen molar-refractivity contribution in [1.82, 2.24) is 0 Å². The molecule has 162 valence electrons. The fraction of sp³-hybridized carbons (Fsp3) is 0.174. The Morgan fingerprint density at radius 3 is 2.29 bits per heavy atom. The number of aryl methyl sites for hydroxylation is 2. The van der Waals surface area contributed by atoms with Crippen molar-refractivity contribution in [3.05, 3.63) is 82.9 Å². The summed E-state index contributed by atoms with van der Waals surface area (Å²) in [5.41, 5.74) is 2.49. The first kappa shape index (κ1) is 22.7. The smallest absolute Gasteiger partial charge is 0.268 e. The van der Waals surface area contributed by atoms with E-state index >= 15 is 0 Å². The first-order valence-electron chi connectivity index (χ1n) is 9.51. The minimum absolute atomic E-state index is 0.0129. The van der Waals surface area contributed by atoms with Gasteiger partial charge in [0.2, 0.25) is 5.91 Å². The molecule has 0 aliphatic heterocycles. The molecule has 6 nitrogen and oxygen atoms in total. The van der Waals surface area contributed by atoms with E-state index in [0.29, 0.717) is 16.4 Å². The van der Waals surface area contributed by atoms with E-state index in [1.54, 1.807) is 67.6 Å². The summed E-state index contributed by atoms with van der Waals surface area (Å²) in [4.78, 5) is 12.8. The quantitative estimate of drug-likeness (QED) is 0.551. The zero-order chi connectivity index (χ0) is 22.6. The lowest BCUT2D eigenvalue weighted by Crippen LogP contribution is -2.38. The number of carbonyl (C=O) groups excluding carboxylic acids is 1. The number of carbonyl (C=O) groups is 1. The summed E-state index contributed by atoms with van der Waals surface area (Å²) in [6.07, 6.45) is 0. The molecule has 8 heteroatoms. The van der Waals surface area contributed by atoms with Gasteiger partial charge in [-0.25, -0.2) is 8.42 Å². The maximum atomic E-state index is 13.6. The first-order chi connectivity index (χ1) is 14.7. The van der Waals surface area contributed by atoms with E-state index < -0.39 is 22.5 Å². The SMILES string of the molecule is COc1ccc(C)cc1S(=O)(=O)N(CC(=O)Nc1ccccc1Cl)c1ccc(C)cc1. The molecular weight excluding hydrogens is 436 g/mol. The third-order valence-corrected chi connectivity index (χ3v) is 6.77. The summed E-state index contributed by atoms with van der Waals surface area (Å²) in [6, 6.07) is 18.6. The highest BCUT2D eigenvalue weighted by atomic mass is 35.5. The number of para-hydroxylation sites is 1. The Bertz CT molecular complexity index is 1190. The highest BCUT2D eigenvalue weighted by molar-refractivity contribution is 7.93. The highest BCUT2D eigenvalue weighted by Crippen LogP contribution is 2.31. The van der Waals surface area contributed by atoms with Gasteiger partial charge in [-0.15, -0.1) is 0 Å². The van der Waals surface area contributed by atoms with Gasteiger partial charge in [0.05, 0.1) is 23.5 Å². The third-order valence-electron chi connectivity index (χ3n) is 4.64. The molecule has 0 spiro atoms. The van der Waals surface area contributed by atoms with Crippen LogP contribution in [-0.2, 0) is 14.8 Å². The van der Waals surface area contributed by atoms with Gasteiger partial charge >= 0.3 is 0 Å². The van der Waals surface area contributed by atoms with Crippen molar-refractivity contribution in [2.24, 2.45) is 0 Å². The largest absolute Gasteiger partial charge is 0.495 e. The van der Waals surface area contributed by atoms with E-state index in [1.165, 1.54) is 13.2 Å². The van der Waals surface area contributed by atoms with Crippen LogP contribution in [0.2, 0.25) is 5.02 Å². The van der Waals surface area contributed by atoms with Gasteiger partial charge in [-0.3, -0.25) is 9.10 Å². The van der Waals surface area contributed by atoms with Crippen LogP contribution in [0.25, 0.3) is 0 Å². The van der Waals surface area contributed by atoms with E-state index in [2.05, 4.69) is 5.32 Å². The van der Waals surface area contributed by atoms with Crippen molar-refractivity contribution < 1.29 is 17.9 Å². The normalized spacial score (nSPS) is 11.1. The minimum Gasteiger partial charge on any atom is -0.495 e. The zero-order valence-corrected chi connectivity index (χ0v) is 19.0. The number of sulfonamides is 1. The molecule has 0 atom stereocenters. The van der Waals surface area contributed by atoms with Gasteiger partial charge < -0.3 is 10.1 Å². The molecule has 0 unspecified atom stereocenters. The summed E-state index contributed by atoms with van der Waals surface area (Å²) < 4.78 is 33.6. The van der Waals surface area contributed by atoms with Crippen molar-refractivity contribution in [3.63, 3.8) is 0 Å². The van der Waals surface area contributed by atoms with Crippen molar-refractivity contribution in [2.45, 2.75) is 18.7 Å². The molecule has 0 aliphatic rings. The molecule has 0 aliphatic carbocycles. The van der Waals surface area contributed by atoms with E-state index in [9.17, 15) is 13.2 Å². The Labute approximate surface area is 187 Å². The van der Waals surface area contributed by atoms with Crippen LogP contribution in [0.15, 0.2) is 71.6 Å². The Morgan fingerprint density at radius 2 is 1.65 bits per heavy atom. The summed E-state index contributed by atoms with van der Waals surface area (Å²) >= 11 is 6.12. The van der Waals surface area contributed by atoms with E-state index in [1.807, 2.05) is 6.92 Å². The Hall–Kier alpha value is -3.03. The highest BCUT2D eigenvalue weighted by Gasteiger charge is 2.30. The minimum atomic E-state index is -4.12. The van der Waals surface area contributed by atoms with Gasteiger partial charge in [0.1, 0.15) is 17.2 Å². The number of rotatable bonds is 7. The molecule has 0 fully saturated rings. The van der Waals surface area contributed by atoms with Gasteiger partial charge in [-0.1, -0.05) is 47.5 Å². The van der Waals surface area contributed by atoms with Gasteiger partial charge in [0.15, 0.2) is 0 Å². The predicted octanol–water partition coefficient (Wildman–Crippen LogP) is 4.80. The molecule has 0 bridgehead atoms. The van der Waals surface area contributed by atoms with E-state index in [-0.39, 0.29) is 10.6 Å². The van der Waals surface area contributed by atoms with Crippen molar-refractivity contribution >= 4 is 38.9 Å². The van der Waals surface area contributed by atoms with Crippen LogP contribution in [0, 0.1) is 13.8 Å². The van der Waals surface area contributed by atoms with Crippen LogP contribution in [-0.4, -0.2) is 28.0 Å². The Morgan fingerprint density at radius 1 is 1.00 bits per heavy atom. The molecule has 0 heterocycles. The third kappa shape index (κ3) is 5.18. The summed E-state index contributed by atoms with van der Waals surface area (Å²) in [5, 5.41) is 3.04. The second-order valence-corrected chi connectivity index (χ2v) is 9.27. The predicted molar refractivity (Wildman–Crippen MR) is 124 cm³/mol. The topological polar surface area (TPSA) is 75.7 Å². The number of benzene rings is 3. The Kier molecular flexibility index (Phi) is 6.87. The fourth-order valence-corrected chi connectivity index (χ4v) is 4.86. The van der Waals surface area contributed by atoms with E-state index in [0.717, 1.165) is 15.4 Å². The molecule has 0 aromatic heterocycles. The van der Waals surface area contributed by atoms with Crippen LogP contribution in [0.4, 0.5) is 11.4 Å². The van der Waals surface area contributed by atoms with E-state index in [4.69, 9.17) is 16.3 Å². The second-order valence-electron chi connectivity index (χ2n) is 7.03. The van der Waals surface area contributed by atoms with Crippen LogP contribution < -0.4 is 14.4 Å². The summed E-state index contributed by atoms with van der Waals surface area (Å²) in [6.45, 7) is 3.25. The van der Waals surface area contributed by atoms with Gasteiger partial charge in [-0.05, 0) is 55.8 Å². The summed E-state index contributed by atoms with van der Waals surface area (Å²) in [7, 11) is -2.71. The van der Waals surface area contributed by atoms with Crippen LogP contribution in [0.1, 0.15) is 11.1 Å². The summed E-state index contributed by atoms with van der Waals surface area (Å²) in [5.74, 6) is -0.321. The molecule has 1 amide bonds. The average Bonchev–Trinajstić information content (AvgIpc) is 2.74. The number of nitrogens with one attached hydrogen (secondary N) is 1. The van der Waals surface area contributed by atoms with Crippen LogP contribution in [0.5, 0.6) is 5.75 Å². The number of halogens is 1. The van der Waals surface area contributed by atoms with Crippen molar-refractivity contribution in [3.8, 4) is 5.75 Å². The molecular formula is C23H23ClN2O4S. The van der Waals surface area contributed by atoms with Crippen LogP contribution >= 0.6 is 11.6 Å². The van der Waals surface area contributed by atoms with Crippen LogP contribution in [0.3, 0.4) is 0 Å². The fourth-order valence-electron chi connectivity index (χ4n) is 3.01. The standard InChI is InChI=1S/C23H23ClN2O4S/c1-16-8-11-18(12-9-16)26(15-23(27)25-20-7-5-4-6-19(20)24)31(28,29)22-14-17(2)10-13-21(22)30-3/h4-14H,15H2,1-3H3,(H,25,27). The second kappa shape index (κ2) is 9.41. The number of amides is 1. The molecule has 3 aromatic carbocycles. The number of anilines is 2. The zero-order valence-electron chi connectivity index (χ0n) is 17.4. The molecule has 3 rings (SSSR count). The lowest BCUT2D eigenvalue weighted by Gasteiger charge is -2.25. The first-order valence-corrected chi connectivity index (χ1v) is 11.3. The lowest BCUT2D eigenvalue weighted by atomic mass is 10.2. The maximum Gasteiger partial charge on any atom is 0.268 e. The maximum absolute atomic E-state index is 13.6. The molecule has 1 N–H and O–H groups in total. The van der Waals surface area contributed by atoms with Crippen molar-refractivity contribution in [1.29, 1.82) is 0 Å². The lowest BCUT2D eigenvalue weighted by molar-refractivity contribution is -0.114. The van der Waals surface area contributed by atoms with Gasteiger partial charge in [-0.2, -0.15) is 0 Å². The number of methoxy groups -OCH3 is 1.